The monoisotopic (exact) mass is 1150 g/mol. The Bertz CT molecular complexity index is 4160. The zero-order chi connectivity index (χ0) is 61.0. The first-order valence-electron chi connectivity index (χ1n) is 30.0. The average molecular weight is 1150 g/mol. The molecule has 88 heavy (non-hydrogen) atoms. The molecule has 12 rings (SSSR count). The summed E-state index contributed by atoms with van der Waals surface area (Å²) >= 11 is 0. The molecule has 0 N–H and O–H groups in total. The van der Waals surface area contributed by atoms with Crippen LogP contribution in [0.1, 0.15) is 130 Å². The van der Waals surface area contributed by atoms with Crippen molar-refractivity contribution >= 4 is 64.9 Å². The van der Waals surface area contributed by atoms with Crippen molar-refractivity contribution in [2.75, 3.05) is 4.90 Å². The standard InChI is InChI=1S/C79H71N7O2/c1-77(2,3)65-40-34-60(35-41-65)72-52-71(80-81-72)59-28-16-53(17-29-59)10-13-56-22-46-68(47-23-56)86(69-48-24-57(25-49-69)14-11-54-18-30-61(31-19-54)73-82-84-75(87-73)63-36-42-66(43-37-63)78(4,5)6)70-50-26-58(27-51-70)15-12-55-20-32-62(33-21-55)74-83-85-76(88-74)64-38-44-67(45-39-64)79(7,8)9/h10-51H,52H2,1-9H3/b13-10+,14-11+,15-12+. The summed E-state index contributed by atoms with van der Waals surface area (Å²) in [7, 11) is 0. The Hall–Kier alpha value is -10.4. The first kappa shape index (κ1) is 58.0. The number of benzene rings is 9. The second-order valence-corrected chi connectivity index (χ2v) is 25.6. The molecular formula is C79H71N7O2. The summed E-state index contributed by atoms with van der Waals surface area (Å²) in [5, 5.41) is 26.6. The molecule has 2 aromatic heterocycles. The molecule has 0 aliphatic carbocycles. The number of rotatable bonds is 15. The number of hydrogen-bond acceptors (Lipinski definition) is 9. The van der Waals surface area contributed by atoms with Crippen LogP contribution in [0.3, 0.4) is 0 Å². The van der Waals surface area contributed by atoms with Crippen molar-refractivity contribution in [3.8, 4) is 45.8 Å². The molecule has 0 bridgehead atoms. The molecule has 0 saturated heterocycles. The fourth-order valence-electron chi connectivity index (χ4n) is 10.5. The Kier molecular flexibility index (Phi) is 16.2. The lowest BCUT2D eigenvalue weighted by Gasteiger charge is -2.26. The van der Waals surface area contributed by atoms with Crippen LogP contribution in [0.15, 0.2) is 237 Å². The van der Waals surface area contributed by atoms with E-state index in [-0.39, 0.29) is 16.2 Å². The first-order valence-corrected chi connectivity index (χ1v) is 30.0. The van der Waals surface area contributed by atoms with E-state index in [1.54, 1.807) is 0 Å². The van der Waals surface area contributed by atoms with Gasteiger partial charge in [-0.15, -0.1) is 20.4 Å². The van der Waals surface area contributed by atoms with E-state index in [1.807, 2.05) is 48.5 Å². The van der Waals surface area contributed by atoms with Gasteiger partial charge in [0.15, 0.2) is 0 Å². The summed E-state index contributed by atoms with van der Waals surface area (Å²) < 4.78 is 12.2. The molecule has 0 saturated carbocycles. The van der Waals surface area contributed by atoms with Gasteiger partial charge in [-0.25, -0.2) is 0 Å². The van der Waals surface area contributed by atoms with E-state index in [1.165, 1.54) is 16.7 Å². The van der Waals surface area contributed by atoms with E-state index in [2.05, 4.69) is 304 Å². The second kappa shape index (κ2) is 24.5. The molecule has 0 amide bonds. The van der Waals surface area contributed by atoms with Gasteiger partial charge >= 0.3 is 0 Å². The number of hydrogen-bond donors (Lipinski definition) is 0. The highest BCUT2D eigenvalue weighted by Crippen LogP contribution is 2.37. The van der Waals surface area contributed by atoms with Crippen LogP contribution >= 0.6 is 0 Å². The van der Waals surface area contributed by atoms with E-state index in [0.717, 1.165) is 95.2 Å². The lowest BCUT2D eigenvalue weighted by atomic mass is 9.86. The lowest BCUT2D eigenvalue weighted by Crippen LogP contribution is -2.11. The van der Waals surface area contributed by atoms with Gasteiger partial charge in [-0.1, -0.05) is 232 Å². The maximum Gasteiger partial charge on any atom is 0.248 e. The number of anilines is 3. The highest BCUT2D eigenvalue weighted by atomic mass is 16.4. The largest absolute Gasteiger partial charge is 0.416 e. The smallest absolute Gasteiger partial charge is 0.248 e. The maximum atomic E-state index is 6.12. The SMILES string of the molecule is CC(C)(C)c1ccc(C2=NN=C(c3ccc(/C=C/c4ccc(N(c5ccc(/C=C/c6ccc(-c7nnc(-c8ccc(C(C)(C)C)cc8)o7)cc6)cc5)c5ccc(/C=C/c6ccc(-c7nnc(-c8ccc(C(C)(C)C)cc8)o7)cc6)cc5)cc4)cc3)C2)cc1. The van der Waals surface area contributed by atoms with Crippen LogP contribution in [0.4, 0.5) is 17.1 Å². The molecule has 9 heteroatoms. The molecule has 0 radical (unpaired) electrons. The summed E-state index contributed by atoms with van der Waals surface area (Å²) in [5.41, 5.74) is 21.4. The van der Waals surface area contributed by atoms with Crippen LogP contribution in [0.25, 0.3) is 82.3 Å². The van der Waals surface area contributed by atoms with E-state index in [9.17, 15) is 0 Å². The Morgan fingerprint density at radius 2 is 0.477 bits per heavy atom. The van der Waals surface area contributed by atoms with Crippen LogP contribution in [-0.2, 0) is 16.2 Å². The minimum absolute atomic E-state index is 0.0664. The predicted molar refractivity (Wildman–Crippen MR) is 365 cm³/mol. The first-order chi connectivity index (χ1) is 42.4. The molecule has 0 unspecified atom stereocenters. The summed E-state index contributed by atoms with van der Waals surface area (Å²) in [6.07, 6.45) is 13.5. The number of aromatic nitrogens is 4. The predicted octanol–water partition coefficient (Wildman–Crippen LogP) is 20.6. The molecule has 0 fully saturated rings. The summed E-state index contributed by atoms with van der Waals surface area (Å²) in [6, 6.07) is 76.4. The van der Waals surface area contributed by atoms with Crippen LogP contribution in [-0.4, -0.2) is 31.8 Å². The van der Waals surface area contributed by atoms with Gasteiger partial charge in [0.05, 0.1) is 11.4 Å². The topological polar surface area (TPSA) is 106 Å². The highest BCUT2D eigenvalue weighted by Gasteiger charge is 2.21. The minimum Gasteiger partial charge on any atom is -0.416 e. The molecule has 0 atom stereocenters. The highest BCUT2D eigenvalue weighted by molar-refractivity contribution is 6.20. The van der Waals surface area contributed by atoms with Gasteiger partial charge in [0.25, 0.3) is 0 Å². The average Bonchev–Trinajstić information content (AvgIpc) is 4.02. The zero-order valence-electron chi connectivity index (χ0n) is 51.4. The third-order valence-corrected chi connectivity index (χ3v) is 16.0. The van der Waals surface area contributed by atoms with Crippen LogP contribution in [0.5, 0.6) is 0 Å². The van der Waals surface area contributed by atoms with Crippen molar-refractivity contribution in [2.24, 2.45) is 10.2 Å². The van der Waals surface area contributed by atoms with Crippen molar-refractivity contribution < 1.29 is 8.83 Å². The van der Waals surface area contributed by atoms with Crippen molar-refractivity contribution in [3.63, 3.8) is 0 Å². The van der Waals surface area contributed by atoms with Gasteiger partial charge in [0.1, 0.15) is 0 Å². The normalized spacial score (nSPS) is 13.0. The Morgan fingerprint density at radius 3 is 0.716 bits per heavy atom. The van der Waals surface area contributed by atoms with Gasteiger partial charge in [-0.2, -0.15) is 10.2 Å². The van der Waals surface area contributed by atoms with Gasteiger partial charge in [-0.3, -0.25) is 0 Å². The quantitative estimate of drug-likeness (QED) is 0.0941. The lowest BCUT2D eigenvalue weighted by molar-refractivity contribution is 0.582. The van der Waals surface area contributed by atoms with E-state index in [0.29, 0.717) is 30.0 Å². The van der Waals surface area contributed by atoms with Crippen LogP contribution in [0, 0.1) is 0 Å². The third kappa shape index (κ3) is 13.7. The molecular weight excluding hydrogens is 1080 g/mol. The van der Waals surface area contributed by atoms with E-state index >= 15 is 0 Å². The fraction of sp³-hybridized carbons (Fsp3) is 0.165. The molecule has 1 aliphatic rings. The van der Waals surface area contributed by atoms with Gasteiger partial charge in [0, 0.05) is 45.7 Å². The van der Waals surface area contributed by atoms with E-state index in [4.69, 9.17) is 8.83 Å². The molecule has 3 heterocycles. The Labute approximate surface area is 517 Å². The van der Waals surface area contributed by atoms with E-state index < -0.39 is 0 Å². The Morgan fingerprint density at radius 1 is 0.273 bits per heavy atom. The Balaban J connectivity index is 0.731. The van der Waals surface area contributed by atoms with Crippen LogP contribution in [0.2, 0.25) is 0 Å². The zero-order valence-corrected chi connectivity index (χ0v) is 51.4. The second-order valence-electron chi connectivity index (χ2n) is 25.6. The van der Waals surface area contributed by atoms with Crippen molar-refractivity contribution in [2.45, 2.75) is 85.0 Å². The maximum absolute atomic E-state index is 6.12. The molecule has 434 valence electrons. The molecule has 9 aromatic carbocycles. The molecule has 1 aliphatic heterocycles. The van der Waals surface area contributed by atoms with Crippen LogP contribution < -0.4 is 4.90 Å². The molecule has 0 spiro atoms. The van der Waals surface area contributed by atoms with Gasteiger partial charge in [0.2, 0.25) is 23.6 Å². The van der Waals surface area contributed by atoms with Gasteiger partial charge in [-0.05, 0) is 162 Å². The van der Waals surface area contributed by atoms with Gasteiger partial charge < -0.3 is 13.7 Å². The van der Waals surface area contributed by atoms with Crippen molar-refractivity contribution in [1.82, 2.24) is 20.4 Å². The summed E-state index contributed by atoms with van der Waals surface area (Å²) in [6.45, 7) is 19.9. The molecule has 9 nitrogen and oxygen atoms in total. The fourth-order valence-corrected chi connectivity index (χ4v) is 10.5. The summed E-state index contributed by atoms with van der Waals surface area (Å²) in [5.74, 6) is 1.98. The van der Waals surface area contributed by atoms with Crippen molar-refractivity contribution in [1.29, 1.82) is 0 Å². The summed E-state index contributed by atoms with van der Waals surface area (Å²) in [4.78, 5) is 2.29. The molecule has 11 aromatic rings. The minimum atomic E-state index is 0.0664. The third-order valence-electron chi connectivity index (χ3n) is 16.0. The van der Waals surface area contributed by atoms with Crippen molar-refractivity contribution in [3.05, 3.63) is 280 Å². The number of nitrogens with zero attached hydrogens (tertiary/aromatic N) is 7.